The Labute approximate surface area is 179 Å². The number of benzene rings is 2. The van der Waals surface area contributed by atoms with Crippen molar-refractivity contribution in [2.24, 2.45) is 7.05 Å². The van der Waals surface area contributed by atoms with Gasteiger partial charge in [-0.25, -0.2) is 4.98 Å². The molecule has 156 valence electrons. The molecule has 0 saturated carbocycles. The summed E-state index contributed by atoms with van der Waals surface area (Å²) in [4.78, 5) is 4.88. The third-order valence-corrected chi connectivity index (χ3v) is 5.56. The molecule has 0 saturated heterocycles. The van der Waals surface area contributed by atoms with Gasteiger partial charge in [-0.3, -0.25) is 4.68 Å². The topological polar surface area (TPSA) is 90.1 Å². The Bertz CT molecular complexity index is 1330. The van der Waals surface area contributed by atoms with Gasteiger partial charge in [0.25, 0.3) is 0 Å². The first kappa shape index (κ1) is 19.2. The SMILES string of the molecule is CCCc1nc2c(C)nn(C)c2n1Cc1ccc(-c2ccccc2-c2nn[nH]n2)cc1. The number of fused-ring (bicyclic) bond motifs is 1. The van der Waals surface area contributed by atoms with E-state index in [1.54, 1.807) is 0 Å². The fraction of sp³-hybridized carbons (Fsp3) is 0.261. The minimum Gasteiger partial charge on any atom is -0.308 e. The number of aromatic nitrogens is 8. The highest BCUT2D eigenvalue weighted by atomic mass is 15.5. The van der Waals surface area contributed by atoms with E-state index in [1.807, 2.05) is 36.9 Å². The van der Waals surface area contributed by atoms with Crippen molar-refractivity contribution >= 4 is 11.2 Å². The van der Waals surface area contributed by atoms with Crippen molar-refractivity contribution in [2.75, 3.05) is 0 Å². The molecule has 1 N–H and O–H groups in total. The number of imidazole rings is 1. The van der Waals surface area contributed by atoms with Crippen LogP contribution in [0.4, 0.5) is 0 Å². The summed E-state index contributed by atoms with van der Waals surface area (Å²) in [5.74, 6) is 1.70. The summed E-state index contributed by atoms with van der Waals surface area (Å²) in [7, 11) is 1.99. The van der Waals surface area contributed by atoms with Crippen LogP contribution in [0.1, 0.15) is 30.4 Å². The van der Waals surface area contributed by atoms with Gasteiger partial charge in [-0.2, -0.15) is 10.3 Å². The van der Waals surface area contributed by atoms with Crippen LogP contribution < -0.4 is 0 Å². The van der Waals surface area contributed by atoms with Gasteiger partial charge in [-0.05, 0) is 35.2 Å². The van der Waals surface area contributed by atoms with Gasteiger partial charge in [-0.1, -0.05) is 55.5 Å². The molecule has 5 rings (SSSR count). The molecule has 0 aliphatic rings. The van der Waals surface area contributed by atoms with E-state index in [2.05, 4.69) is 67.5 Å². The summed E-state index contributed by atoms with van der Waals surface area (Å²) in [6, 6.07) is 16.7. The summed E-state index contributed by atoms with van der Waals surface area (Å²) < 4.78 is 4.23. The second-order valence-electron chi connectivity index (χ2n) is 7.72. The zero-order valence-corrected chi connectivity index (χ0v) is 17.9. The maximum Gasteiger partial charge on any atom is 0.205 e. The first-order chi connectivity index (χ1) is 15.2. The van der Waals surface area contributed by atoms with Gasteiger partial charge in [-0.15, -0.1) is 10.2 Å². The molecule has 0 aliphatic carbocycles. The van der Waals surface area contributed by atoms with Gasteiger partial charge in [0, 0.05) is 19.0 Å². The van der Waals surface area contributed by atoms with Crippen LogP contribution in [0.15, 0.2) is 48.5 Å². The molecule has 8 nitrogen and oxygen atoms in total. The maximum absolute atomic E-state index is 4.88. The number of tetrazole rings is 1. The van der Waals surface area contributed by atoms with Crippen LogP contribution in [0.25, 0.3) is 33.7 Å². The van der Waals surface area contributed by atoms with E-state index in [0.29, 0.717) is 5.82 Å². The number of nitrogens with one attached hydrogen (secondary N) is 1. The largest absolute Gasteiger partial charge is 0.308 e. The Kier molecular flexibility index (Phi) is 4.82. The molecular weight excluding hydrogens is 388 g/mol. The van der Waals surface area contributed by atoms with E-state index < -0.39 is 0 Å². The third kappa shape index (κ3) is 3.39. The number of nitrogens with zero attached hydrogens (tertiary/aromatic N) is 7. The summed E-state index contributed by atoms with van der Waals surface area (Å²) in [6.45, 7) is 4.97. The number of hydrogen-bond donors (Lipinski definition) is 1. The summed E-state index contributed by atoms with van der Waals surface area (Å²) in [6.07, 6.45) is 2.01. The van der Waals surface area contributed by atoms with Gasteiger partial charge in [0.2, 0.25) is 5.82 Å². The maximum atomic E-state index is 4.88. The van der Waals surface area contributed by atoms with Crippen LogP contribution in [0.3, 0.4) is 0 Å². The lowest BCUT2D eigenvalue weighted by Gasteiger charge is -2.11. The first-order valence-corrected chi connectivity index (χ1v) is 10.5. The van der Waals surface area contributed by atoms with Crippen molar-refractivity contribution in [3.05, 3.63) is 65.6 Å². The molecule has 5 aromatic rings. The highest BCUT2D eigenvalue weighted by molar-refractivity contribution is 5.80. The smallest absolute Gasteiger partial charge is 0.205 e. The molecule has 8 heteroatoms. The summed E-state index contributed by atoms with van der Waals surface area (Å²) in [5, 5.41) is 19.1. The molecule has 3 aromatic heterocycles. The van der Waals surface area contributed by atoms with E-state index in [9.17, 15) is 0 Å². The number of aromatic amines is 1. The number of aryl methyl sites for hydroxylation is 3. The lowest BCUT2D eigenvalue weighted by atomic mass is 9.98. The second kappa shape index (κ2) is 7.79. The summed E-state index contributed by atoms with van der Waals surface area (Å²) in [5.41, 5.74) is 7.41. The van der Waals surface area contributed by atoms with Crippen LogP contribution in [0.5, 0.6) is 0 Å². The molecule has 0 aliphatic heterocycles. The Balaban J connectivity index is 1.50. The quantitative estimate of drug-likeness (QED) is 0.456. The molecule has 0 atom stereocenters. The molecule has 31 heavy (non-hydrogen) atoms. The normalized spacial score (nSPS) is 11.5. The van der Waals surface area contributed by atoms with E-state index in [-0.39, 0.29) is 0 Å². The van der Waals surface area contributed by atoms with E-state index >= 15 is 0 Å². The third-order valence-electron chi connectivity index (χ3n) is 5.56. The van der Waals surface area contributed by atoms with Crippen molar-refractivity contribution in [2.45, 2.75) is 33.2 Å². The zero-order valence-electron chi connectivity index (χ0n) is 17.9. The van der Waals surface area contributed by atoms with Gasteiger partial charge < -0.3 is 4.57 Å². The fourth-order valence-corrected chi connectivity index (χ4v) is 4.14. The Morgan fingerprint density at radius 3 is 2.48 bits per heavy atom. The molecule has 2 aromatic carbocycles. The van der Waals surface area contributed by atoms with E-state index in [1.165, 1.54) is 5.56 Å². The predicted octanol–water partition coefficient (Wildman–Crippen LogP) is 3.93. The molecular formula is C23H24N8. The minimum atomic E-state index is 0.594. The molecule has 0 unspecified atom stereocenters. The second-order valence-corrected chi connectivity index (χ2v) is 7.72. The van der Waals surface area contributed by atoms with Crippen LogP contribution in [0, 0.1) is 6.92 Å². The molecule has 0 bridgehead atoms. The lowest BCUT2D eigenvalue weighted by molar-refractivity contribution is 0.677. The molecule has 0 fully saturated rings. The number of hydrogen-bond acceptors (Lipinski definition) is 5. The number of rotatable bonds is 6. The van der Waals surface area contributed by atoms with Gasteiger partial charge in [0.05, 0.1) is 12.2 Å². The predicted molar refractivity (Wildman–Crippen MR) is 119 cm³/mol. The Morgan fingerprint density at radius 2 is 1.77 bits per heavy atom. The molecule has 3 heterocycles. The van der Waals surface area contributed by atoms with Crippen LogP contribution in [-0.2, 0) is 20.0 Å². The highest BCUT2D eigenvalue weighted by Crippen LogP contribution is 2.30. The molecule has 0 spiro atoms. The standard InChI is InChI=1S/C23H24N8/c1-4-7-20-24-21-15(2)27-30(3)23(21)31(20)14-16-10-12-17(13-11-16)18-8-5-6-9-19(18)22-25-28-29-26-22/h5-6,8-13H,4,7,14H2,1-3H3,(H,25,26,28,29). The van der Waals surface area contributed by atoms with Crippen molar-refractivity contribution in [1.82, 2.24) is 40.0 Å². The monoisotopic (exact) mass is 412 g/mol. The van der Waals surface area contributed by atoms with Crippen molar-refractivity contribution in [3.8, 4) is 22.5 Å². The van der Waals surface area contributed by atoms with Crippen LogP contribution >= 0.6 is 0 Å². The van der Waals surface area contributed by atoms with E-state index in [4.69, 9.17) is 4.98 Å². The molecule has 0 radical (unpaired) electrons. The fourth-order valence-electron chi connectivity index (χ4n) is 4.14. The van der Waals surface area contributed by atoms with E-state index in [0.717, 1.165) is 58.8 Å². The lowest BCUT2D eigenvalue weighted by Crippen LogP contribution is -2.08. The van der Waals surface area contributed by atoms with Gasteiger partial charge in [0.1, 0.15) is 11.3 Å². The van der Waals surface area contributed by atoms with Crippen molar-refractivity contribution in [3.63, 3.8) is 0 Å². The highest BCUT2D eigenvalue weighted by Gasteiger charge is 2.17. The zero-order chi connectivity index (χ0) is 21.4. The van der Waals surface area contributed by atoms with Crippen LogP contribution in [0.2, 0.25) is 0 Å². The van der Waals surface area contributed by atoms with Crippen molar-refractivity contribution < 1.29 is 0 Å². The minimum absolute atomic E-state index is 0.594. The Hall–Kier alpha value is -3.81. The first-order valence-electron chi connectivity index (χ1n) is 10.5. The van der Waals surface area contributed by atoms with Gasteiger partial charge in [0.15, 0.2) is 5.65 Å². The average Bonchev–Trinajstić information content (AvgIpc) is 3.49. The summed E-state index contributed by atoms with van der Waals surface area (Å²) >= 11 is 0. The van der Waals surface area contributed by atoms with Gasteiger partial charge >= 0.3 is 0 Å². The average molecular weight is 413 g/mol. The molecule has 0 amide bonds. The Morgan fingerprint density at radius 1 is 1.00 bits per heavy atom. The van der Waals surface area contributed by atoms with Crippen molar-refractivity contribution in [1.29, 1.82) is 0 Å². The van der Waals surface area contributed by atoms with Crippen LogP contribution in [-0.4, -0.2) is 40.0 Å². The number of H-pyrrole nitrogens is 1.